The first-order valence-electron chi connectivity index (χ1n) is 7.35. The summed E-state index contributed by atoms with van der Waals surface area (Å²) in [5, 5.41) is 0. The monoisotopic (exact) mass is 278 g/mol. The van der Waals surface area contributed by atoms with Crippen LogP contribution in [0.15, 0.2) is 24.3 Å². The molecule has 0 amide bonds. The molecule has 1 fully saturated rings. The molecule has 4 heteroatoms. The number of hydrogen-bond donors (Lipinski definition) is 1. The van der Waals surface area contributed by atoms with Gasteiger partial charge in [0.15, 0.2) is 0 Å². The Kier molecular flexibility index (Phi) is 5.98. The molecule has 1 aliphatic rings. The Bertz CT molecular complexity index is 405. The van der Waals surface area contributed by atoms with E-state index >= 15 is 0 Å². The highest BCUT2D eigenvalue weighted by Crippen LogP contribution is 2.24. The average Bonchev–Trinajstić information content (AvgIpc) is 2.94. The lowest BCUT2D eigenvalue weighted by molar-refractivity contribution is 0.0685. The summed E-state index contributed by atoms with van der Waals surface area (Å²) < 4.78 is 11.0. The molecular formula is C16H26N2O2. The first-order valence-corrected chi connectivity index (χ1v) is 7.35. The molecule has 0 bridgehead atoms. The largest absolute Gasteiger partial charge is 0.380 e. The zero-order chi connectivity index (χ0) is 14.4. The van der Waals surface area contributed by atoms with Crippen LogP contribution in [0.4, 0.5) is 0 Å². The van der Waals surface area contributed by atoms with Gasteiger partial charge in [-0.2, -0.15) is 0 Å². The summed E-state index contributed by atoms with van der Waals surface area (Å²) in [7, 11) is 3.85. The van der Waals surface area contributed by atoms with Crippen LogP contribution in [0.3, 0.4) is 0 Å². The molecule has 0 aliphatic carbocycles. The maximum Gasteiger partial charge on any atom is 0.0716 e. The van der Waals surface area contributed by atoms with Gasteiger partial charge in [0.1, 0.15) is 0 Å². The summed E-state index contributed by atoms with van der Waals surface area (Å²) >= 11 is 0. The Morgan fingerprint density at radius 3 is 2.90 bits per heavy atom. The average molecular weight is 278 g/mol. The minimum atomic E-state index is 0.213. The normalized spacial score (nSPS) is 20.5. The summed E-state index contributed by atoms with van der Waals surface area (Å²) in [6.45, 7) is 3.06. The molecule has 2 atom stereocenters. The lowest BCUT2D eigenvalue weighted by Gasteiger charge is -2.30. The van der Waals surface area contributed by atoms with E-state index in [4.69, 9.17) is 15.2 Å². The van der Waals surface area contributed by atoms with Gasteiger partial charge in [-0.25, -0.2) is 0 Å². The Morgan fingerprint density at radius 2 is 2.25 bits per heavy atom. The Balaban J connectivity index is 2.09. The molecule has 2 rings (SSSR count). The highest BCUT2D eigenvalue weighted by molar-refractivity contribution is 5.30. The molecule has 1 aromatic rings. The van der Waals surface area contributed by atoms with Gasteiger partial charge in [0.25, 0.3) is 0 Å². The van der Waals surface area contributed by atoms with Crippen LogP contribution in [-0.4, -0.2) is 44.9 Å². The van der Waals surface area contributed by atoms with E-state index in [-0.39, 0.29) is 6.04 Å². The Hall–Kier alpha value is -0.940. The number of nitrogens with two attached hydrogens (primary N) is 1. The molecule has 0 spiro atoms. The van der Waals surface area contributed by atoms with Gasteiger partial charge in [-0.15, -0.1) is 0 Å². The van der Waals surface area contributed by atoms with Crippen molar-refractivity contribution in [3.8, 4) is 0 Å². The van der Waals surface area contributed by atoms with Crippen LogP contribution in [0.25, 0.3) is 0 Å². The standard InChI is InChI=1S/C16H26N2O2/c1-18(11-14-7-5-9-20-14)16(10-17)15-8-4-3-6-13(15)12-19-2/h3-4,6,8,14,16H,5,7,9-12,17H2,1-2H3. The second kappa shape index (κ2) is 7.74. The minimum absolute atomic E-state index is 0.213. The Morgan fingerprint density at radius 1 is 1.45 bits per heavy atom. The van der Waals surface area contributed by atoms with E-state index in [0.717, 1.165) is 19.6 Å². The van der Waals surface area contributed by atoms with Crippen molar-refractivity contribution in [3.05, 3.63) is 35.4 Å². The van der Waals surface area contributed by atoms with Crippen molar-refractivity contribution in [2.24, 2.45) is 5.73 Å². The Labute approximate surface area is 121 Å². The number of hydrogen-bond acceptors (Lipinski definition) is 4. The quantitative estimate of drug-likeness (QED) is 0.828. The zero-order valence-corrected chi connectivity index (χ0v) is 12.5. The van der Waals surface area contributed by atoms with Crippen molar-refractivity contribution in [2.75, 3.05) is 33.9 Å². The molecule has 20 heavy (non-hydrogen) atoms. The molecule has 0 radical (unpaired) electrons. The van der Waals surface area contributed by atoms with Crippen molar-refractivity contribution in [1.82, 2.24) is 4.90 Å². The van der Waals surface area contributed by atoms with Gasteiger partial charge in [0.05, 0.1) is 12.7 Å². The lowest BCUT2D eigenvalue weighted by atomic mass is 9.99. The second-order valence-electron chi connectivity index (χ2n) is 5.46. The van der Waals surface area contributed by atoms with Crippen LogP contribution in [-0.2, 0) is 16.1 Å². The summed E-state index contributed by atoms with van der Waals surface area (Å²) in [6.07, 6.45) is 2.68. The van der Waals surface area contributed by atoms with E-state index in [0.29, 0.717) is 19.3 Å². The molecule has 112 valence electrons. The number of methoxy groups -OCH3 is 1. The van der Waals surface area contributed by atoms with E-state index in [1.807, 2.05) is 6.07 Å². The molecule has 2 N–H and O–H groups in total. The smallest absolute Gasteiger partial charge is 0.0716 e. The highest BCUT2D eigenvalue weighted by atomic mass is 16.5. The molecule has 2 unspecified atom stereocenters. The third kappa shape index (κ3) is 3.79. The van der Waals surface area contributed by atoms with Crippen LogP contribution in [0.5, 0.6) is 0 Å². The lowest BCUT2D eigenvalue weighted by Crippen LogP contribution is -2.36. The molecular weight excluding hydrogens is 252 g/mol. The number of ether oxygens (including phenoxy) is 2. The van der Waals surface area contributed by atoms with Gasteiger partial charge in [0, 0.05) is 32.8 Å². The molecule has 1 aromatic carbocycles. The van der Waals surface area contributed by atoms with E-state index in [9.17, 15) is 0 Å². The van der Waals surface area contributed by atoms with Gasteiger partial charge < -0.3 is 15.2 Å². The fourth-order valence-electron chi connectivity index (χ4n) is 2.93. The van der Waals surface area contributed by atoms with Crippen LogP contribution in [0, 0.1) is 0 Å². The second-order valence-corrected chi connectivity index (χ2v) is 5.46. The van der Waals surface area contributed by atoms with E-state index in [1.165, 1.54) is 17.5 Å². The number of rotatable bonds is 7. The van der Waals surface area contributed by atoms with Crippen molar-refractivity contribution < 1.29 is 9.47 Å². The van der Waals surface area contributed by atoms with Gasteiger partial charge in [0.2, 0.25) is 0 Å². The molecule has 1 heterocycles. The van der Waals surface area contributed by atoms with Crippen LogP contribution in [0.1, 0.15) is 30.0 Å². The minimum Gasteiger partial charge on any atom is -0.380 e. The van der Waals surface area contributed by atoms with Crippen LogP contribution in [0.2, 0.25) is 0 Å². The summed E-state index contributed by atoms with van der Waals surface area (Å²) in [5.74, 6) is 0. The van der Waals surface area contributed by atoms with Gasteiger partial charge >= 0.3 is 0 Å². The fraction of sp³-hybridized carbons (Fsp3) is 0.625. The number of nitrogens with zero attached hydrogens (tertiary/aromatic N) is 1. The van der Waals surface area contributed by atoms with E-state index < -0.39 is 0 Å². The SMILES string of the molecule is COCc1ccccc1C(CN)N(C)CC1CCCO1. The molecule has 4 nitrogen and oxygen atoms in total. The van der Waals surface area contributed by atoms with Gasteiger partial charge in [-0.1, -0.05) is 24.3 Å². The van der Waals surface area contributed by atoms with Gasteiger partial charge in [-0.3, -0.25) is 4.90 Å². The predicted molar refractivity (Wildman–Crippen MR) is 80.6 cm³/mol. The molecule has 1 saturated heterocycles. The van der Waals surface area contributed by atoms with Crippen LogP contribution < -0.4 is 5.73 Å². The molecule has 1 aliphatic heterocycles. The topological polar surface area (TPSA) is 47.7 Å². The van der Waals surface area contributed by atoms with E-state index in [1.54, 1.807) is 7.11 Å². The van der Waals surface area contributed by atoms with Crippen molar-refractivity contribution >= 4 is 0 Å². The number of likely N-dealkylation sites (N-methyl/N-ethyl adjacent to an activating group) is 1. The van der Waals surface area contributed by atoms with Crippen LogP contribution >= 0.6 is 0 Å². The maximum atomic E-state index is 6.02. The maximum absolute atomic E-state index is 6.02. The van der Waals surface area contributed by atoms with Crippen molar-refractivity contribution in [3.63, 3.8) is 0 Å². The first kappa shape index (κ1) is 15.4. The molecule has 0 aromatic heterocycles. The van der Waals surface area contributed by atoms with Crippen molar-refractivity contribution in [2.45, 2.75) is 31.6 Å². The third-order valence-electron chi connectivity index (χ3n) is 3.98. The zero-order valence-electron chi connectivity index (χ0n) is 12.5. The van der Waals surface area contributed by atoms with Crippen molar-refractivity contribution in [1.29, 1.82) is 0 Å². The van der Waals surface area contributed by atoms with E-state index in [2.05, 4.69) is 30.1 Å². The summed E-state index contributed by atoms with van der Waals surface area (Å²) in [6, 6.07) is 8.59. The first-order chi connectivity index (χ1) is 9.76. The summed E-state index contributed by atoms with van der Waals surface area (Å²) in [5.41, 5.74) is 8.50. The third-order valence-corrected chi connectivity index (χ3v) is 3.98. The van der Waals surface area contributed by atoms with Gasteiger partial charge in [-0.05, 0) is 31.0 Å². The molecule has 0 saturated carbocycles. The highest BCUT2D eigenvalue weighted by Gasteiger charge is 2.23. The fourth-order valence-corrected chi connectivity index (χ4v) is 2.93. The predicted octanol–water partition coefficient (Wildman–Crippen LogP) is 1.94. The summed E-state index contributed by atoms with van der Waals surface area (Å²) in [4.78, 5) is 2.31. The number of benzene rings is 1.